The number of likely N-dealkylation sites (tertiary alicyclic amines) is 1. The van der Waals surface area contributed by atoms with Crippen molar-refractivity contribution >= 4 is 51.0 Å². The molecule has 7 rings (SSSR count). The van der Waals surface area contributed by atoms with Gasteiger partial charge in [-0.05, 0) is 133 Å². The van der Waals surface area contributed by atoms with Crippen LogP contribution in [-0.2, 0) is 43.5 Å². The number of unbranched alkanes of at least 4 members (excludes halogenated alkanes) is 1. The van der Waals surface area contributed by atoms with Crippen LogP contribution in [0.2, 0.25) is 5.02 Å². The number of ether oxygens (including phenoxy) is 1. The predicted molar refractivity (Wildman–Crippen MR) is 246 cm³/mol. The number of amides is 5. The van der Waals surface area contributed by atoms with Gasteiger partial charge in [0.2, 0.25) is 17.7 Å². The van der Waals surface area contributed by atoms with Gasteiger partial charge in [-0.2, -0.15) is 0 Å². The summed E-state index contributed by atoms with van der Waals surface area (Å²) in [4.78, 5) is 76.6. The minimum absolute atomic E-state index is 0.0461. The van der Waals surface area contributed by atoms with Crippen molar-refractivity contribution in [3.05, 3.63) is 116 Å². The lowest BCUT2D eigenvalue weighted by molar-refractivity contribution is -0.136. The van der Waals surface area contributed by atoms with E-state index >= 15 is 0 Å². The summed E-state index contributed by atoms with van der Waals surface area (Å²) in [7, 11) is -3.52. The Balaban J connectivity index is 0.908. The highest BCUT2D eigenvalue weighted by atomic mass is 35.5. The molecule has 1 aromatic heterocycles. The molecule has 344 valence electrons. The first-order valence-corrected chi connectivity index (χ1v) is 24.4. The molecule has 0 spiro atoms. The Morgan fingerprint density at radius 1 is 0.923 bits per heavy atom. The molecule has 1 unspecified atom stereocenters. The van der Waals surface area contributed by atoms with E-state index in [9.17, 15) is 32.4 Å². The molecule has 0 saturated carbocycles. The number of nitrogens with zero attached hydrogens (tertiary/aromatic N) is 4. The molecule has 0 aliphatic carbocycles. The number of sulfone groups is 1. The predicted octanol–water partition coefficient (Wildman–Crippen LogP) is 6.31. The van der Waals surface area contributed by atoms with E-state index < -0.39 is 44.8 Å². The van der Waals surface area contributed by atoms with Crippen LogP contribution >= 0.6 is 11.6 Å². The molecule has 0 bridgehead atoms. The third kappa shape index (κ3) is 10.8. The maximum atomic E-state index is 13.4. The Bertz CT molecular complexity index is 2610. The summed E-state index contributed by atoms with van der Waals surface area (Å²) in [5.41, 5.74) is 5.78. The van der Waals surface area contributed by atoms with Gasteiger partial charge < -0.3 is 10.1 Å². The zero-order valence-electron chi connectivity index (χ0n) is 37.6. The number of benzene rings is 3. The SMILES string of the molecule is Cc1cc(Cc2ncc(Cl)c(Cc3ccccc3S(=O)(=O)C(C)C)n2)c(OC(C)C)cc1C1CCN(CC(=O)NCCCCc2cccc3c2C(=O)N(C2CCC(=O)NC2=O)C3=O)CC1. The standard InChI is InChI=1S/C49H57ClN6O8S/c1-29(2)64-41-26-37(31(5)23-35(41)25-43-52-27-38(50)39(53-43)24-34-12-6-7-15-42(34)65(62,63)30(3)4)32-18-21-55(22-19-32)28-45(58)51-20-9-8-11-33-13-10-14-36-46(33)49(61)56(48(36)60)40-16-17-44(57)54-47(40)59/h6-7,10,12-15,23,26-27,29-30,32,40H,8-9,11,16-22,24-25,28H2,1-5H3,(H,51,58)(H,54,57,59). The van der Waals surface area contributed by atoms with E-state index in [0.717, 1.165) is 53.3 Å². The molecule has 65 heavy (non-hydrogen) atoms. The minimum atomic E-state index is -3.52. The number of imide groups is 2. The number of hydrogen-bond acceptors (Lipinski definition) is 11. The fraction of sp³-hybridized carbons (Fsp3) is 0.449. The molecule has 2 fully saturated rings. The number of aromatic nitrogens is 2. The Labute approximate surface area is 385 Å². The van der Waals surface area contributed by atoms with Crippen molar-refractivity contribution in [3.63, 3.8) is 0 Å². The van der Waals surface area contributed by atoms with E-state index in [-0.39, 0.29) is 47.7 Å². The van der Waals surface area contributed by atoms with Crippen molar-refractivity contribution in [2.45, 2.75) is 121 Å². The molecule has 3 aliphatic heterocycles. The lowest BCUT2D eigenvalue weighted by atomic mass is 9.85. The fourth-order valence-electron chi connectivity index (χ4n) is 9.01. The zero-order valence-corrected chi connectivity index (χ0v) is 39.2. The van der Waals surface area contributed by atoms with Gasteiger partial charge in [0, 0.05) is 37.6 Å². The number of aryl methyl sites for hydroxylation is 2. The third-order valence-electron chi connectivity index (χ3n) is 12.4. The van der Waals surface area contributed by atoms with Gasteiger partial charge in [0.25, 0.3) is 11.8 Å². The van der Waals surface area contributed by atoms with E-state index in [4.69, 9.17) is 21.3 Å². The van der Waals surface area contributed by atoms with Crippen LogP contribution in [-0.4, -0.2) is 101 Å². The number of carbonyl (C=O) groups excluding carboxylic acids is 5. The first-order chi connectivity index (χ1) is 31.0. The quantitative estimate of drug-likeness (QED) is 0.0894. The second-order valence-corrected chi connectivity index (χ2v) is 20.6. The molecular weight excluding hydrogens is 868 g/mol. The summed E-state index contributed by atoms with van der Waals surface area (Å²) in [6.45, 7) is 11.7. The molecule has 16 heteroatoms. The van der Waals surface area contributed by atoms with Crippen LogP contribution in [0.4, 0.5) is 0 Å². The minimum Gasteiger partial charge on any atom is -0.491 e. The monoisotopic (exact) mass is 924 g/mol. The fourth-order valence-corrected chi connectivity index (χ4v) is 10.5. The Kier molecular flexibility index (Phi) is 14.8. The maximum absolute atomic E-state index is 13.4. The van der Waals surface area contributed by atoms with Crippen molar-refractivity contribution < 1.29 is 37.1 Å². The van der Waals surface area contributed by atoms with Gasteiger partial charge in [0.1, 0.15) is 17.6 Å². The number of carbonyl (C=O) groups is 5. The maximum Gasteiger partial charge on any atom is 0.262 e. The zero-order chi connectivity index (χ0) is 46.6. The smallest absolute Gasteiger partial charge is 0.262 e. The van der Waals surface area contributed by atoms with Crippen LogP contribution in [0.5, 0.6) is 5.75 Å². The average molecular weight is 926 g/mol. The first-order valence-electron chi connectivity index (χ1n) is 22.5. The number of nitrogens with one attached hydrogen (secondary N) is 2. The van der Waals surface area contributed by atoms with Crippen molar-refractivity contribution in [2.24, 2.45) is 0 Å². The Hall–Kier alpha value is -5.51. The summed E-state index contributed by atoms with van der Waals surface area (Å²) in [5, 5.41) is 5.06. The molecule has 2 N–H and O–H groups in total. The van der Waals surface area contributed by atoms with Crippen LogP contribution in [0.25, 0.3) is 0 Å². The van der Waals surface area contributed by atoms with E-state index in [0.29, 0.717) is 66.4 Å². The molecule has 4 aromatic rings. The van der Waals surface area contributed by atoms with Gasteiger partial charge in [-0.3, -0.25) is 39.1 Å². The molecule has 5 amide bonds. The van der Waals surface area contributed by atoms with Crippen molar-refractivity contribution in [2.75, 3.05) is 26.2 Å². The first kappa shape index (κ1) is 47.5. The molecular formula is C49H57ClN6O8S. The second kappa shape index (κ2) is 20.3. The summed E-state index contributed by atoms with van der Waals surface area (Å²) < 4.78 is 32.7. The van der Waals surface area contributed by atoms with Crippen molar-refractivity contribution in [3.8, 4) is 5.75 Å². The van der Waals surface area contributed by atoms with E-state index in [2.05, 4.69) is 39.6 Å². The highest BCUT2D eigenvalue weighted by Crippen LogP contribution is 2.36. The highest BCUT2D eigenvalue weighted by molar-refractivity contribution is 7.92. The number of piperidine rings is 2. The van der Waals surface area contributed by atoms with E-state index in [1.54, 1.807) is 50.4 Å². The number of hydrogen-bond donors (Lipinski definition) is 2. The lowest BCUT2D eigenvalue weighted by Crippen LogP contribution is -2.54. The summed E-state index contributed by atoms with van der Waals surface area (Å²) >= 11 is 6.59. The molecule has 14 nitrogen and oxygen atoms in total. The van der Waals surface area contributed by atoms with Gasteiger partial charge in [0.15, 0.2) is 9.84 Å². The number of fused-ring (bicyclic) bond motifs is 1. The largest absolute Gasteiger partial charge is 0.491 e. The second-order valence-electron chi connectivity index (χ2n) is 17.8. The van der Waals surface area contributed by atoms with Gasteiger partial charge in [-0.25, -0.2) is 18.4 Å². The number of halogens is 1. The van der Waals surface area contributed by atoms with Crippen LogP contribution in [0.15, 0.2) is 65.7 Å². The van der Waals surface area contributed by atoms with Gasteiger partial charge >= 0.3 is 0 Å². The molecule has 3 aromatic carbocycles. The van der Waals surface area contributed by atoms with Crippen LogP contribution < -0.4 is 15.4 Å². The normalized spacial score (nSPS) is 17.2. The summed E-state index contributed by atoms with van der Waals surface area (Å²) in [5.74, 6) is -0.528. The summed E-state index contributed by atoms with van der Waals surface area (Å²) in [6.07, 6.45) is 5.96. The molecule has 2 saturated heterocycles. The van der Waals surface area contributed by atoms with E-state index in [1.807, 2.05) is 26.0 Å². The van der Waals surface area contributed by atoms with Gasteiger partial charge in [-0.15, -0.1) is 0 Å². The Morgan fingerprint density at radius 2 is 1.66 bits per heavy atom. The van der Waals surface area contributed by atoms with Gasteiger partial charge in [0.05, 0.1) is 44.6 Å². The lowest BCUT2D eigenvalue weighted by Gasteiger charge is -2.33. The van der Waals surface area contributed by atoms with E-state index in [1.165, 1.54) is 5.56 Å². The molecule has 4 heterocycles. The third-order valence-corrected chi connectivity index (χ3v) is 15.0. The molecule has 1 atom stereocenters. The molecule has 3 aliphatic rings. The van der Waals surface area contributed by atoms with Gasteiger partial charge in [-0.1, -0.05) is 48.0 Å². The Morgan fingerprint density at radius 3 is 2.38 bits per heavy atom. The molecule has 0 radical (unpaired) electrons. The van der Waals surface area contributed by atoms with Crippen LogP contribution in [0.1, 0.15) is 132 Å². The van der Waals surface area contributed by atoms with Crippen molar-refractivity contribution in [1.29, 1.82) is 0 Å². The van der Waals surface area contributed by atoms with Crippen LogP contribution in [0.3, 0.4) is 0 Å². The van der Waals surface area contributed by atoms with Crippen molar-refractivity contribution in [1.82, 2.24) is 30.4 Å². The highest BCUT2D eigenvalue weighted by Gasteiger charge is 2.45. The topological polar surface area (TPSA) is 185 Å². The van der Waals surface area contributed by atoms with Crippen LogP contribution in [0, 0.1) is 6.92 Å². The number of rotatable bonds is 17. The summed E-state index contributed by atoms with van der Waals surface area (Å²) in [6, 6.07) is 15.4. The average Bonchev–Trinajstić information content (AvgIpc) is 3.51.